The Morgan fingerprint density at radius 2 is 1.94 bits per heavy atom. The minimum Gasteiger partial charge on any atom is -0.353 e. The zero-order valence-corrected chi connectivity index (χ0v) is 10.0. The van der Waals surface area contributed by atoms with Gasteiger partial charge < -0.3 is 9.80 Å². The molecule has 5 nitrogen and oxygen atoms in total. The van der Waals surface area contributed by atoms with E-state index >= 15 is 0 Å². The summed E-state index contributed by atoms with van der Waals surface area (Å²) in [6.07, 6.45) is -1.45. The number of carbonyl (C=O) groups excluding carboxylic acids is 1. The molecule has 98 valence electrons. The van der Waals surface area contributed by atoms with Crippen LogP contribution in [0.15, 0.2) is 12.4 Å². The predicted octanol–water partition coefficient (Wildman–Crippen LogP) is 1.08. The number of nitrogens with zero attached hydrogens (tertiary/aromatic N) is 4. The Morgan fingerprint density at radius 3 is 2.50 bits per heavy atom. The van der Waals surface area contributed by atoms with Crippen molar-refractivity contribution in [1.29, 1.82) is 0 Å². The second kappa shape index (κ2) is 5.24. The van der Waals surface area contributed by atoms with Crippen LogP contribution < -0.4 is 4.90 Å². The van der Waals surface area contributed by atoms with Crippen LogP contribution >= 0.6 is 0 Å². The summed E-state index contributed by atoms with van der Waals surface area (Å²) in [5.41, 5.74) is -0.269. The molecule has 1 amide bonds. The Hall–Kier alpha value is -1.79. The molecule has 0 spiro atoms. The number of aromatic nitrogens is 2. The second-order valence-corrected chi connectivity index (χ2v) is 4.09. The van der Waals surface area contributed by atoms with Crippen LogP contribution in [0, 0.1) is 0 Å². The van der Waals surface area contributed by atoms with E-state index < -0.39 is 6.43 Å². The molecule has 0 aromatic carbocycles. The minimum atomic E-state index is -2.59. The molecule has 0 aliphatic carbocycles. The fraction of sp³-hybridized carbons (Fsp3) is 0.545. The van der Waals surface area contributed by atoms with Gasteiger partial charge in [0.15, 0.2) is 0 Å². The van der Waals surface area contributed by atoms with Gasteiger partial charge in [-0.15, -0.1) is 0 Å². The monoisotopic (exact) mass is 256 g/mol. The van der Waals surface area contributed by atoms with E-state index in [2.05, 4.69) is 9.97 Å². The Morgan fingerprint density at radius 1 is 1.28 bits per heavy atom. The summed E-state index contributed by atoms with van der Waals surface area (Å²) in [6, 6.07) is 1.30. The maximum Gasteiger partial charge on any atom is 0.280 e. The van der Waals surface area contributed by atoms with E-state index in [1.807, 2.05) is 4.90 Å². The molecule has 0 N–H and O–H groups in total. The largest absolute Gasteiger partial charge is 0.353 e. The molecule has 1 aliphatic heterocycles. The molecule has 18 heavy (non-hydrogen) atoms. The third-order valence-corrected chi connectivity index (χ3v) is 2.95. The maximum atomic E-state index is 12.5. The van der Waals surface area contributed by atoms with Crippen LogP contribution in [-0.4, -0.2) is 47.0 Å². The van der Waals surface area contributed by atoms with Gasteiger partial charge in [-0.05, 0) is 0 Å². The number of halogens is 2. The van der Waals surface area contributed by atoms with Crippen LogP contribution in [0.5, 0.6) is 0 Å². The van der Waals surface area contributed by atoms with Crippen LogP contribution in [0.3, 0.4) is 0 Å². The number of hydrogen-bond donors (Lipinski definition) is 0. The van der Waals surface area contributed by atoms with Crippen molar-refractivity contribution in [2.45, 2.75) is 13.3 Å². The van der Waals surface area contributed by atoms with Crippen molar-refractivity contribution in [1.82, 2.24) is 14.9 Å². The topological polar surface area (TPSA) is 49.3 Å². The minimum absolute atomic E-state index is 0.0330. The van der Waals surface area contributed by atoms with E-state index in [-0.39, 0.29) is 11.6 Å². The molecule has 1 fully saturated rings. The van der Waals surface area contributed by atoms with Crippen LogP contribution in [-0.2, 0) is 4.79 Å². The molecule has 0 bridgehead atoms. The molecule has 1 aliphatic rings. The zero-order chi connectivity index (χ0) is 13.1. The van der Waals surface area contributed by atoms with Gasteiger partial charge >= 0.3 is 0 Å². The molecular formula is C11H14F2N4O. The summed E-state index contributed by atoms with van der Waals surface area (Å²) in [6.45, 7) is 3.89. The summed E-state index contributed by atoms with van der Waals surface area (Å²) < 4.78 is 25.0. The van der Waals surface area contributed by atoms with Crippen molar-refractivity contribution in [2.75, 3.05) is 31.1 Å². The number of alkyl halides is 2. The van der Waals surface area contributed by atoms with E-state index in [1.165, 1.54) is 13.0 Å². The molecule has 1 aromatic rings. The highest BCUT2D eigenvalue weighted by molar-refractivity contribution is 5.73. The fourth-order valence-corrected chi connectivity index (χ4v) is 1.90. The highest BCUT2D eigenvalue weighted by atomic mass is 19.3. The smallest absolute Gasteiger partial charge is 0.280 e. The van der Waals surface area contributed by atoms with Gasteiger partial charge in [-0.25, -0.2) is 18.7 Å². The standard InChI is InChI=1S/C11H14F2N4O/c1-8(18)16-2-4-17(5-3-16)10-6-9(11(12)13)14-7-15-10/h6-7,11H,2-5H2,1H3. The maximum absolute atomic E-state index is 12.5. The van der Waals surface area contributed by atoms with Crippen molar-refractivity contribution < 1.29 is 13.6 Å². The molecular weight excluding hydrogens is 242 g/mol. The van der Waals surface area contributed by atoms with E-state index in [0.29, 0.717) is 32.0 Å². The molecule has 1 saturated heterocycles. The number of amides is 1. The van der Waals surface area contributed by atoms with E-state index in [1.54, 1.807) is 4.90 Å². The summed E-state index contributed by atoms with van der Waals surface area (Å²) >= 11 is 0. The summed E-state index contributed by atoms with van der Waals surface area (Å²) in [7, 11) is 0. The molecule has 7 heteroatoms. The van der Waals surface area contributed by atoms with Crippen LogP contribution in [0.4, 0.5) is 14.6 Å². The Bertz CT molecular complexity index is 433. The predicted molar refractivity (Wildman–Crippen MR) is 61.5 cm³/mol. The Kier molecular flexibility index (Phi) is 3.69. The SMILES string of the molecule is CC(=O)N1CCN(c2cc(C(F)F)ncn2)CC1. The molecule has 1 aromatic heterocycles. The van der Waals surface area contributed by atoms with Crippen molar-refractivity contribution in [3.05, 3.63) is 18.1 Å². The van der Waals surface area contributed by atoms with Crippen molar-refractivity contribution in [3.63, 3.8) is 0 Å². The van der Waals surface area contributed by atoms with E-state index in [0.717, 1.165) is 6.33 Å². The van der Waals surface area contributed by atoms with Crippen molar-refractivity contribution in [3.8, 4) is 0 Å². The summed E-state index contributed by atoms with van der Waals surface area (Å²) in [5, 5.41) is 0. The van der Waals surface area contributed by atoms with Gasteiger partial charge in [-0.1, -0.05) is 0 Å². The molecule has 0 saturated carbocycles. The third kappa shape index (κ3) is 2.72. The first-order valence-corrected chi connectivity index (χ1v) is 5.68. The Balaban J connectivity index is 2.05. The first kappa shape index (κ1) is 12.7. The average molecular weight is 256 g/mol. The lowest BCUT2D eigenvalue weighted by Gasteiger charge is -2.34. The summed E-state index contributed by atoms with van der Waals surface area (Å²) in [5.74, 6) is 0.522. The van der Waals surface area contributed by atoms with Crippen molar-refractivity contribution >= 4 is 11.7 Å². The number of rotatable bonds is 2. The van der Waals surface area contributed by atoms with Gasteiger partial charge in [0.05, 0.1) is 0 Å². The van der Waals surface area contributed by atoms with Gasteiger partial charge in [-0.2, -0.15) is 0 Å². The number of piperazine rings is 1. The number of anilines is 1. The van der Waals surface area contributed by atoms with E-state index in [4.69, 9.17) is 0 Å². The van der Waals surface area contributed by atoms with Gasteiger partial charge in [0.25, 0.3) is 6.43 Å². The normalized spacial score (nSPS) is 16.2. The highest BCUT2D eigenvalue weighted by Gasteiger charge is 2.20. The third-order valence-electron chi connectivity index (χ3n) is 2.95. The number of carbonyl (C=O) groups is 1. The molecule has 0 unspecified atom stereocenters. The second-order valence-electron chi connectivity index (χ2n) is 4.09. The lowest BCUT2D eigenvalue weighted by atomic mass is 10.3. The van der Waals surface area contributed by atoms with E-state index in [9.17, 15) is 13.6 Å². The fourth-order valence-electron chi connectivity index (χ4n) is 1.90. The van der Waals surface area contributed by atoms with Gasteiger partial charge in [0.2, 0.25) is 5.91 Å². The van der Waals surface area contributed by atoms with Gasteiger partial charge in [0, 0.05) is 39.2 Å². The molecule has 2 heterocycles. The van der Waals surface area contributed by atoms with Crippen LogP contribution in [0.25, 0.3) is 0 Å². The zero-order valence-electron chi connectivity index (χ0n) is 10.0. The highest BCUT2D eigenvalue weighted by Crippen LogP contribution is 2.20. The lowest BCUT2D eigenvalue weighted by molar-refractivity contribution is -0.129. The summed E-state index contributed by atoms with van der Waals surface area (Å²) in [4.78, 5) is 22.3. The Labute approximate surface area is 103 Å². The van der Waals surface area contributed by atoms with Gasteiger partial charge in [-0.3, -0.25) is 4.79 Å². The first-order chi connectivity index (χ1) is 8.58. The first-order valence-electron chi connectivity index (χ1n) is 5.68. The molecule has 0 radical (unpaired) electrons. The average Bonchev–Trinajstić information content (AvgIpc) is 2.39. The van der Waals surface area contributed by atoms with Gasteiger partial charge in [0.1, 0.15) is 17.8 Å². The molecule has 2 rings (SSSR count). The molecule has 0 atom stereocenters. The van der Waals surface area contributed by atoms with Crippen LogP contribution in [0.2, 0.25) is 0 Å². The van der Waals surface area contributed by atoms with Crippen molar-refractivity contribution in [2.24, 2.45) is 0 Å². The lowest BCUT2D eigenvalue weighted by Crippen LogP contribution is -2.48. The van der Waals surface area contributed by atoms with Crippen LogP contribution in [0.1, 0.15) is 19.0 Å². The number of hydrogen-bond acceptors (Lipinski definition) is 4. The quantitative estimate of drug-likeness (QED) is 0.794.